The van der Waals surface area contributed by atoms with Crippen LogP contribution in [0.5, 0.6) is 0 Å². The minimum Gasteiger partial charge on any atom is -0.369 e. The Bertz CT molecular complexity index is 1280. The molecule has 1 aliphatic carbocycles. The average molecular weight is 466 g/mol. The van der Waals surface area contributed by atoms with Crippen molar-refractivity contribution in [3.05, 3.63) is 78.6 Å². The Hall–Kier alpha value is -3.31. The molecule has 2 aliphatic rings. The molecule has 1 saturated heterocycles. The number of fused-ring (bicyclic) bond motifs is 1. The van der Waals surface area contributed by atoms with Crippen molar-refractivity contribution in [1.29, 1.82) is 0 Å². The lowest BCUT2D eigenvalue weighted by Crippen LogP contribution is -2.52. The highest BCUT2D eigenvalue weighted by Gasteiger charge is 2.27. The Balaban J connectivity index is 1.17. The van der Waals surface area contributed by atoms with Gasteiger partial charge in [0.2, 0.25) is 0 Å². The molecule has 5 nitrogen and oxygen atoms in total. The number of pyridine rings is 1. The van der Waals surface area contributed by atoms with Gasteiger partial charge in [-0.3, -0.25) is 9.30 Å². The van der Waals surface area contributed by atoms with Gasteiger partial charge in [-0.2, -0.15) is 0 Å². The van der Waals surface area contributed by atoms with Crippen LogP contribution in [-0.4, -0.2) is 46.5 Å². The van der Waals surface area contributed by atoms with Crippen molar-refractivity contribution >= 4 is 22.7 Å². The maximum absolute atomic E-state index is 4.66. The minimum atomic E-state index is 0.534. The molecule has 1 saturated carbocycles. The second-order valence-corrected chi connectivity index (χ2v) is 10.3. The Morgan fingerprint density at radius 3 is 2.26 bits per heavy atom. The van der Waals surface area contributed by atoms with E-state index < -0.39 is 0 Å². The van der Waals surface area contributed by atoms with E-state index in [1.807, 2.05) is 12.4 Å². The van der Waals surface area contributed by atoms with Gasteiger partial charge in [0.25, 0.3) is 0 Å². The van der Waals surface area contributed by atoms with Crippen molar-refractivity contribution in [2.45, 2.75) is 45.1 Å². The van der Waals surface area contributed by atoms with Crippen LogP contribution in [0.3, 0.4) is 0 Å². The topological polar surface area (TPSA) is 35.8 Å². The summed E-state index contributed by atoms with van der Waals surface area (Å²) in [6.45, 7) is 9.08. The van der Waals surface area contributed by atoms with E-state index >= 15 is 0 Å². The summed E-state index contributed by atoms with van der Waals surface area (Å²) in [6, 6.07) is 22.9. The van der Waals surface area contributed by atoms with Crippen LogP contribution < -0.4 is 10.2 Å². The fraction of sp³-hybridized carbons (Fsp3) is 0.367. The van der Waals surface area contributed by atoms with Gasteiger partial charge in [-0.25, -0.2) is 4.98 Å². The third-order valence-electron chi connectivity index (χ3n) is 7.84. The lowest BCUT2D eigenvalue weighted by molar-refractivity contribution is 0.120. The Morgan fingerprint density at radius 2 is 1.60 bits per heavy atom. The van der Waals surface area contributed by atoms with E-state index in [2.05, 4.69) is 99.0 Å². The molecule has 2 aromatic heterocycles. The quantitative estimate of drug-likeness (QED) is 0.351. The molecule has 0 amide bonds. The molecule has 0 atom stereocenters. The van der Waals surface area contributed by atoms with Crippen LogP contribution in [0.15, 0.2) is 73.1 Å². The van der Waals surface area contributed by atoms with E-state index in [1.165, 1.54) is 49.2 Å². The number of piperazine rings is 1. The number of aromatic nitrogens is 2. The van der Waals surface area contributed by atoms with E-state index in [9.17, 15) is 0 Å². The van der Waals surface area contributed by atoms with Crippen LogP contribution in [0.1, 0.15) is 44.6 Å². The Kier molecular flexibility index (Phi) is 5.95. The molecule has 6 rings (SSSR count). The summed E-state index contributed by atoms with van der Waals surface area (Å²) in [5.74, 6) is 0.534. The molecule has 2 fully saturated rings. The predicted molar refractivity (Wildman–Crippen MR) is 146 cm³/mol. The van der Waals surface area contributed by atoms with E-state index in [0.717, 1.165) is 41.8 Å². The van der Waals surface area contributed by atoms with Crippen LogP contribution in [0.2, 0.25) is 0 Å². The van der Waals surface area contributed by atoms with Crippen molar-refractivity contribution in [3.8, 4) is 11.3 Å². The van der Waals surface area contributed by atoms with Crippen LogP contribution >= 0.6 is 0 Å². The highest BCUT2D eigenvalue weighted by atomic mass is 15.3. The number of hydrogen-bond acceptors (Lipinski definition) is 4. The summed E-state index contributed by atoms with van der Waals surface area (Å²) in [6.07, 6.45) is 8.13. The fourth-order valence-corrected chi connectivity index (χ4v) is 5.39. The number of nitrogens with one attached hydrogen (secondary N) is 1. The maximum Gasteiger partial charge on any atom is 0.161 e. The first-order valence-corrected chi connectivity index (χ1v) is 13.1. The summed E-state index contributed by atoms with van der Waals surface area (Å²) in [4.78, 5) is 9.87. The van der Waals surface area contributed by atoms with Crippen LogP contribution in [0.25, 0.3) is 16.9 Å². The molecule has 1 N–H and O–H groups in total. The fourth-order valence-electron chi connectivity index (χ4n) is 5.39. The van der Waals surface area contributed by atoms with E-state index in [0.29, 0.717) is 5.92 Å². The molecular formula is C30H35N5. The van der Waals surface area contributed by atoms with Crippen LogP contribution in [0, 0.1) is 0 Å². The zero-order chi connectivity index (χ0) is 23.8. The largest absolute Gasteiger partial charge is 0.369 e. The molecule has 3 heterocycles. The van der Waals surface area contributed by atoms with Gasteiger partial charge in [-0.15, -0.1) is 0 Å². The predicted octanol–water partition coefficient (Wildman–Crippen LogP) is 6.54. The molecule has 0 unspecified atom stereocenters. The Morgan fingerprint density at radius 1 is 0.857 bits per heavy atom. The molecule has 5 heteroatoms. The SMILES string of the molecule is CC(C)c1ccc(-c2ccc(Nc3ccc(N4CCN(C5CCC5)CC4)cc3)c3nccn23)cc1. The lowest BCUT2D eigenvalue weighted by Gasteiger charge is -2.43. The summed E-state index contributed by atoms with van der Waals surface area (Å²) in [5, 5.41) is 3.59. The number of imidazole rings is 1. The third kappa shape index (κ3) is 4.41. The average Bonchev–Trinajstić information content (AvgIpc) is 3.35. The first kappa shape index (κ1) is 22.2. The molecule has 0 radical (unpaired) electrons. The van der Waals surface area contributed by atoms with Gasteiger partial charge >= 0.3 is 0 Å². The number of benzene rings is 2. The van der Waals surface area contributed by atoms with Crippen molar-refractivity contribution in [2.75, 3.05) is 36.4 Å². The molecule has 1 aliphatic heterocycles. The second kappa shape index (κ2) is 9.38. The number of rotatable bonds is 6. The first-order chi connectivity index (χ1) is 17.2. The summed E-state index contributed by atoms with van der Waals surface area (Å²) < 4.78 is 2.17. The van der Waals surface area contributed by atoms with Gasteiger partial charge in [0.15, 0.2) is 5.65 Å². The monoisotopic (exact) mass is 465 g/mol. The van der Waals surface area contributed by atoms with Crippen molar-refractivity contribution in [2.24, 2.45) is 0 Å². The van der Waals surface area contributed by atoms with Crippen LogP contribution in [0.4, 0.5) is 17.1 Å². The lowest BCUT2D eigenvalue weighted by atomic mass is 9.91. The van der Waals surface area contributed by atoms with Gasteiger partial charge in [-0.1, -0.05) is 44.5 Å². The van der Waals surface area contributed by atoms with Crippen LogP contribution in [-0.2, 0) is 0 Å². The van der Waals surface area contributed by atoms with Gasteiger partial charge in [0.05, 0.1) is 11.4 Å². The van der Waals surface area contributed by atoms with Crippen molar-refractivity contribution in [1.82, 2.24) is 14.3 Å². The number of anilines is 3. The Labute approximate surface area is 208 Å². The molecule has 180 valence electrons. The highest BCUT2D eigenvalue weighted by Crippen LogP contribution is 2.30. The van der Waals surface area contributed by atoms with Gasteiger partial charge in [0.1, 0.15) is 0 Å². The van der Waals surface area contributed by atoms with E-state index in [-0.39, 0.29) is 0 Å². The standard InChI is InChI=1S/C30H35N5/c1-22(2)23-6-8-24(9-7-23)29-15-14-28(30-31-16-17-35(29)30)32-25-10-12-27(13-11-25)34-20-18-33(19-21-34)26-4-3-5-26/h6-17,22,26,32H,3-5,18-21H2,1-2H3. The maximum atomic E-state index is 4.66. The zero-order valence-electron chi connectivity index (χ0n) is 20.8. The summed E-state index contributed by atoms with van der Waals surface area (Å²) in [5.41, 5.74) is 8.06. The first-order valence-electron chi connectivity index (χ1n) is 13.1. The van der Waals surface area contributed by atoms with Gasteiger partial charge in [-0.05, 0) is 66.3 Å². The molecule has 4 aromatic rings. The second-order valence-electron chi connectivity index (χ2n) is 10.3. The van der Waals surface area contributed by atoms with Crippen molar-refractivity contribution < 1.29 is 0 Å². The number of hydrogen-bond donors (Lipinski definition) is 1. The third-order valence-corrected chi connectivity index (χ3v) is 7.84. The van der Waals surface area contributed by atoms with Gasteiger partial charge in [0, 0.05) is 56.0 Å². The zero-order valence-corrected chi connectivity index (χ0v) is 20.8. The smallest absolute Gasteiger partial charge is 0.161 e. The van der Waals surface area contributed by atoms with Crippen molar-refractivity contribution in [3.63, 3.8) is 0 Å². The molecule has 35 heavy (non-hydrogen) atoms. The minimum absolute atomic E-state index is 0.534. The summed E-state index contributed by atoms with van der Waals surface area (Å²) >= 11 is 0. The molecule has 2 aromatic carbocycles. The normalized spacial score (nSPS) is 17.2. The summed E-state index contributed by atoms with van der Waals surface area (Å²) in [7, 11) is 0. The molecular weight excluding hydrogens is 430 g/mol. The molecule has 0 spiro atoms. The number of nitrogens with zero attached hydrogens (tertiary/aromatic N) is 4. The van der Waals surface area contributed by atoms with E-state index in [4.69, 9.17) is 0 Å². The molecule has 0 bridgehead atoms. The van der Waals surface area contributed by atoms with E-state index in [1.54, 1.807) is 0 Å². The highest BCUT2D eigenvalue weighted by molar-refractivity contribution is 5.78. The van der Waals surface area contributed by atoms with Gasteiger partial charge < -0.3 is 10.2 Å².